The summed E-state index contributed by atoms with van der Waals surface area (Å²) in [6.07, 6.45) is -4.31. The number of benzene rings is 6. The van der Waals surface area contributed by atoms with Gasteiger partial charge in [-0.05, 0) is 51.7 Å². The largest absolute Gasteiger partial charge is 0.339 e. The van der Waals surface area contributed by atoms with Gasteiger partial charge in [0.15, 0.2) is 46.5 Å². The van der Waals surface area contributed by atoms with E-state index < -0.39 is 143 Å². The predicted molar refractivity (Wildman–Crippen MR) is 209 cm³/mol. The van der Waals surface area contributed by atoms with Crippen LogP contribution in [0.25, 0.3) is 0 Å². The highest BCUT2D eigenvalue weighted by Gasteiger charge is 2.51. The number of quaternary nitrogens is 1. The van der Waals surface area contributed by atoms with Crippen LogP contribution >= 0.6 is 0 Å². The Labute approximate surface area is 356 Å². The molecule has 0 heterocycles. The highest BCUT2D eigenvalue weighted by atomic mass is 19.2. The number of rotatable bonds is 10. The number of hydrogen-bond acceptors (Lipinski definition) is 0. The molecule has 0 bridgehead atoms. The Hall–Kier alpha value is -5.78. The molecule has 1 nitrogen and oxygen atoms in total. The van der Waals surface area contributed by atoms with E-state index in [9.17, 15) is 0 Å². The van der Waals surface area contributed by atoms with Crippen LogP contribution in [0.5, 0.6) is 0 Å². The average molecular weight is 918 g/mol. The first-order valence-electron chi connectivity index (χ1n) is 19.5. The number of aryl methyl sites for hydroxylation is 2. The zero-order valence-corrected chi connectivity index (χ0v) is 34.6. The van der Waals surface area contributed by atoms with Crippen LogP contribution in [0, 0.1) is 121 Å². The molecule has 6 rings (SSSR count). The monoisotopic (exact) mass is 917 g/mol. The first-order chi connectivity index (χ1) is 30.0. The van der Waals surface area contributed by atoms with E-state index in [-0.39, 0.29) is 0 Å². The second-order valence-corrected chi connectivity index (χ2v) is 15.0. The lowest BCUT2D eigenvalue weighted by atomic mass is 9.12. The lowest BCUT2D eigenvalue weighted by Crippen LogP contribution is -2.81. The zero-order chi connectivity index (χ0) is 47.9. The topological polar surface area (TPSA) is 16.6 Å². The van der Waals surface area contributed by atoms with Gasteiger partial charge < -0.3 is 5.32 Å². The highest BCUT2D eigenvalue weighted by molar-refractivity contribution is 7.20. The summed E-state index contributed by atoms with van der Waals surface area (Å²) in [5.74, 6) is -45.7. The Morgan fingerprint density at radius 2 is 0.500 bits per heavy atom. The molecule has 0 spiro atoms. The Balaban J connectivity index is 0.000000337. The van der Waals surface area contributed by atoms with E-state index in [2.05, 4.69) is 67.7 Å². The number of hydrogen-bond donors (Lipinski definition) is 1. The molecule has 0 amide bonds. The molecule has 18 heteroatoms. The van der Waals surface area contributed by atoms with Gasteiger partial charge in [0, 0.05) is 33.4 Å². The molecule has 0 saturated heterocycles. The SMILES string of the molecule is CCc1ccccc1C[NH2+]Cc1ccccc1CC.Cc1c(F)c(F)c([B-](c2c(F)c(F)c(C)c(F)c2F)(c2c(F)c(F)c(C)c(F)c2F)c2c(F)c(F)c(C)c(F)c2F)c(F)c1F. The van der Waals surface area contributed by atoms with Crippen molar-refractivity contribution >= 4 is 28.0 Å². The molecule has 0 aliphatic rings. The lowest BCUT2D eigenvalue weighted by Gasteiger charge is -2.45. The molecule has 0 atom stereocenters. The van der Waals surface area contributed by atoms with Crippen LogP contribution in [0.3, 0.4) is 0 Å². The second-order valence-electron chi connectivity index (χ2n) is 15.0. The van der Waals surface area contributed by atoms with Crippen molar-refractivity contribution in [2.75, 3.05) is 0 Å². The number of nitrogens with two attached hydrogens (primary N) is 1. The fourth-order valence-electron chi connectivity index (χ4n) is 8.01. The van der Waals surface area contributed by atoms with Gasteiger partial charge in [-0.2, -0.15) is 0 Å². The summed E-state index contributed by atoms with van der Waals surface area (Å²) < 4.78 is 247. The zero-order valence-electron chi connectivity index (χ0n) is 34.6. The van der Waals surface area contributed by atoms with Gasteiger partial charge in [-0.15, -0.1) is 21.9 Å². The van der Waals surface area contributed by atoms with Crippen LogP contribution in [0.4, 0.5) is 70.2 Å². The smallest absolute Gasteiger partial charge is 0.161 e. The first kappa shape index (κ1) is 49.2. The van der Waals surface area contributed by atoms with Crippen molar-refractivity contribution in [3.63, 3.8) is 0 Å². The van der Waals surface area contributed by atoms with Crippen LogP contribution in [-0.2, 0) is 25.9 Å². The van der Waals surface area contributed by atoms with E-state index in [4.69, 9.17) is 0 Å². The number of halogens is 16. The molecule has 0 aliphatic carbocycles. The minimum Gasteiger partial charge on any atom is -0.339 e. The maximum absolute atomic E-state index is 15.8. The molecule has 0 unspecified atom stereocenters. The third-order valence-corrected chi connectivity index (χ3v) is 11.5. The normalized spacial score (nSPS) is 11.6. The molecule has 64 heavy (non-hydrogen) atoms. The van der Waals surface area contributed by atoms with E-state index in [1.807, 2.05) is 0 Å². The summed E-state index contributed by atoms with van der Waals surface area (Å²) in [7, 11) is 0. The minimum atomic E-state index is -6.55. The second kappa shape index (κ2) is 19.1. The van der Waals surface area contributed by atoms with Crippen molar-refractivity contribution in [1.29, 1.82) is 0 Å². The van der Waals surface area contributed by atoms with Gasteiger partial charge in [-0.25, -0.2) is 70.2 Å². The van der Waals surface area contributed by atoms with E-state index in [0.29, 0.717) is 27.7 Å². The lowest BCUT2D eigenvalue weighted by molar-refractivity contribution is -0.686. The Morgan fingerprint density at radius 3 is 0.688 bits per heavy atom. The predicted octanol–water partition coefficient (Wildman–Crippen LogP) is 9.60. The quantitative estimate of drug-likeness (QED) is 0.0802. The molecular formula is C46H36BF16N. The molecule has 0 radical (unpaired) electrons. The summed E-state index contributed by atoms with van der Waals surface area (Å²) in [6.45, 7) is 7.77. The van der Waals surface area contributed by atoms with Crippen LogP contribution in [-0.4, -0.2) is 6.15 Å². The van der Waals surface area contributed by atoms with Gasteiger partial charge in [0.2, 0.25) is 0 Å². The molecule has 6 aromatic rings. The van der Waals surface area contributed by atoms with Gasteiger partial charge in [-0.1, -0.05) is 62.4 Å². The Bertz CT molecular complexity index is 2360. The van der Waals surface area contributed by atoms with E-state index in [0.717, 1.165) is 25.9 Å². The Kier molecular flexibility index (Phi) is 14.7. The molecule has 0 saturated carbocycles. The van der Waals surface area contributed by atoms with Crippen LogP contribution in [0.1, 0.15) is 58.4 Å². The average Bonchev–Trinajstić information content (AvgIpc) is 3.29. The minimum absolute atomic E-state index is 0.292. The molecule has 0 aliphatic heterocycles. The Morgan fingerprint density at radius 1 is 0.312 bits per heavy atom. The summed E-state index contributed by atoms with van der Waals surface area (Å²) in [5.41, 5.74) is -12.7. The van der Waals surface area contributed by atoms with Crippen molar-refractivity contribution in [3.05, 3.63) is 186 Å². The van der Waals surface area contributed by atoms with Crippen LogP contribution in [0.2, 0.25) is 0 Å². The van der Waals surface area contributed by atoms with Crippen molar-refractivity contribution in [2.45, 2.75) is 67.5 Å². The maximum atomic E-state index is 15.8. The fourth-order valence-corrected chi connectivity index (χ4v) is 8.01. The van der Waals surface area contributed by atoms with Crippen molar-refractivity contribution < 1.29 is 75.6 Å². The standard InChI is InChI=1S/C28H12BF16.C18H23N/c1-5-13(30)21(38)9(22(39)14(5)31)29(10-23(40)15(32)6(2)16(33)24(10)41,11-25(42)17(34)7(3)18(35)26(11)43)12-27(44)19(36)8(4)20(37)28(12)45;1-3-15-9-5-7-11-17(15)13-19-14-18-12-8-6-10-16(18)4-2/h1-4H3;5-12,19H,3-4,13-14H2,1-2H3/q-1;/p+1. The highest BCUT2D eigenvalue weighted by Crippen LogP contribution is 2.31. The van der Waals surface area contributed by atoms with Gasteiger partial charge in [0.25, 0.3) is 0 Å². The molecular weight excluding hydrogens is 881 g/mol. The maximum Gasteiger partial charge on any atom is 0.161 e. The third kappa shape index (κ3) is 8.02. The van der Waals surface area contributed by atoms with Crippen molar-refractivity contribution in [1.82, 2.24) is 0 Å². The molecule has 2 N–H and O–H groups in total. The van der Waals surface area contributed by atoms with Crippen LogP contribution in [0.15, 0.2) is 48.5 Å². The van der Waals surface area contributed by atoms with E-state index in [1.165, 1.54) is 22.3 Å². The van der Waals surface area contributed by atoms with E-state index >= 15 is 70.2 Å². The third-order valence-electron chi connectivity index (χ3n) is 11.5. The van der Waals surface area contributed by atoms with Gasteiger partial charge in [-0.3, -0.25) is 0 Å². The summed E-state index contributed by atoms with van der Waals surface area (Å²) >= 11 is 0. The molecule has 0 fully saturated rings. The van der Waals surface area contributed by atoms with Gasteiger partial charge in [0.05, 0.1) is 0 Å². The molecule has 0 aromatic heterocycles. The summed E-state index contributed by atoms with van der Waals surface area (Å²) in [6, 6.07) is 17.5. The summed E-state index contributed by atoms with van der Waals surface area (Å²) in [4.78, 5) is 0. The van der Waals surface area contributed by atoms with Crippen molar-refractivity contribution in [2.24, 2.45) is 0 Å². The molecule has 340 valence electrons. The molecule has 6 aromatic carbocycles. The van der Waals surface area contributed by atoms with E-state index in [1.54, 1.807) is 0 Å². The summed E-state index contributed by atoms with van der Waals surface area (Å²) in [5, 5.41) is 2.41. The van der Waals surface area contributed by atoms with Crippen LogP contribution < -0.4 is 27.2 Å². The van der Waals surface area contributed by atoms with Gasteiger partial charge in [0.1, 0.15) is 65.8 Å². The fraction of sp³-hybridized carbons (Fsp3) is 0.217. The first-order valence-corrected chi connectivity index (χ1v) is 19.5. The van der Waals surface area contributed by atoms with Crippen molar-refractivity contribution in [3.8, 4) is 0 Å². The van der Waals surface area contributed by atoms with Gasteiger partial charge >= 0.3 is 0 Å².